The van der Waals surface area contributed by atoms with Crippen LogP contribution in [0.5, 0.6) is 0 Å². The van der Waals surface area contributed by atoms with Crippen molar-refractivity contribution < 1.29 is 9.53 Å². The highest BCUT2D eigenvalue weighted by Gasteiger charge is 2.34. The fourth-order valence-electron chi connectivity index (χ4n) is 3.70. The summed E-state index contributed by atoms with van der Waals surface area (Å²) in [5, 5.41) is 0.894. The van der Waals surface area contributed by atoms with Gasteiger partial charge in [-0.1, -0.05) is 24.3 Å². The first-order valence-electron chi connectivity index (χ1n) is 8.31. The Balaban J connectivity index is 1.65. The summed E-state index contributed by atoms with van der Waals surface area (Å²) in [5.41, 5.74) is 2.93. The lowest BCUT2D eigenvalue weighted by Crippen LogP contribution is -2.44. The number of hydrogen-bond acceptors (Lipinski definition) is 3. The minimum atomic E-state index is -0.176. The molecular weight excluding hydrogens is 308 g/mol. The topological polar surface area (TPSA) is 32.8 Å². The number of methoxy groups -OCH3 is 1. The van der Waals surface area contributed by atoms with Crippen LogP contribution in [0.25, 0.3) is 0 Å². The summed E-state index contributed by atoms with van der Waals surface area (Å²) < 4.78 is 4.78. The molecule has 0 radical (unpaired) electrons. The zero-order valence-electron chi connectivity index (χ0n) is 13.8. The van der Waals surface area contributed by atoms with Crippen molar-refractivity contribution in [2.75, 3.05) is 20.2 Å². The normalized spacial score (nSPS) is 22.0. The van der Waals surface area contributed by atoms with Gasteiger partial charge in [0.05, 0.1) is 13.5 Å². The smallest absolute Gasteiger partial charge is 0.307 e. The van der Waals surface area contributed by atoms with E-state index in [4.69, 9.17) is 17.0 Å². The van der Waals surface area contributed by atoms with E-state index in [1.807, 2.05) is 6.92 Å². The number of carbonyl (C=O) groups excluding carboxylic acids is 1. The van der Waals surface area contributed by atoms with Gasteiger partial charge in [0.25, 0.3) is 0 Å². The third-order valence-corrected chi connectivity index (χ3v) is 5.53. The van der Waals surface area contributed by atoms with Crippen LogP contribution in [0.1, 0.15) is 30.9 Å². The maximum Gasteiger partial charge on any atom is 0.307 e. The van der Waals surface area contributed by atoms with Gasteiger partial charge in [-0.2, -0.15) is 0 Å². The van der Waals surface area contributed by atoms with Crippen molar-refractivity contribution in [1.82, 2.24) is 9.80 Å². The SMILES string of the molecule is COC(=O)CC(C)N1CCN(C2CCc3ccccc3C2)C1=S. The molecule has 1 aromatic rings. The molecule has 1 saturated heterocycles. The van der Waals surface area contributed by atoms with Gasteiger partial charge in [-0.05, 0) is 49.5 Å². The third kappa shape index (κ3) is 3.34. The maximum atomic E-state index is 11.5. The van der Waals surface area contributed by atoms with Crippen LogP contribution in [0.3, 0.4) is 0 Å². The molecule has 5 heteroatoms. The van der Waals surface area contributed by atoms with Crippen molar-refractivity contribution in [3.8, 4) is 0 Å². The monoisotopic (exact) mass is 332 g/mol. The average Bonchev–Trinajstić information content (AvgIpc) is 2.96. The van der Waals surface area contributed by atoms with E-state index < -0.39 is 0 Å². The van der Waals surface area contributed by atoms with E-state index in [-0.39, 0.29) is 12.0 Å². The molecule has 1 aromatic carbocycles. The van der Waals surface area contributed by atoms with Gasteiger partial charge in [-0.3, -0.25) is 4.79 Å². The highest BCUT2D eigenvalue weighted by Crippen LogP contribution is 2.27. The second-order valence-electron chi connectivity index (χ2n) is 6.46. The highest BCUT2D eigenvalue weighted by molar-refractivity contribution is 7.80. The average molecular weight is 332 g/mol. The summed E-state index contributed by atoms with van der Waals surface area (Å²) in [4.78, 5) is 16.0. The zero-order valence-corrected chi connectivity index (χ0v) is 14.6. The lowest BCUT2D eigenvalue weighted by atomic mass is 9.88. The van der Waals surface area contributed by atoms with Crippen LogP contribution in [0.2, 0.25) is 0 Å². The molecule has 1 aliphatic heterocycles. The molecule has 124 valence electrons. The Kier molecular flexibility index (Phi) is 4.85. The van der Waals surface area contributed by atoms with E-state index >= 15 is 0 Å². The van der Waals surface area contributed by atoms with E-state index in [0.29, 0.717) is 12.5 Å². The third-order valence-electron chi connectivity index (χ3n) is 5.06. The van der Waals surface area contributed by atoms with E-state index in [2.05, 4.69) is 34.1 Å². The standard InChI is InChI=1S/C18H24N2O2S/c1-13(11-17(21)22-2)19-9-10-20(18(19)23)16-8-7-14-5-3-4-6-15(14)12-16/h3-6,13,16H,7-12H2,1-2H3. The quantitative estimate of drug-likeness (QED) is 0.624. The molecule has 2 aliphatic rings. The molecule has 3 rings (SSSR count). The minimum absolute atomic E-state index is 0.0934. The molecule has 1 heterocycles. The van der Waals surface area contributed by atoms with Crippen LogP contribution in [0.15, 0.2) is 24.3 Å². The Morgan fingerprint density at radius 1 is 1.35 bits per heavy atom. The second-order valence-corrected chi connectivity index (χ2v) is 6.83. The number of ether oxygens (including phenoxy) is 1. The van der Waals surface area contributed by atoms with Crippen LogP contribution < -0.4 is 0 Å². The number of nitrogens with zero attached hydrogens (tertiary/aromatic N) is 2. The first-order valence-corrected chi connectivity index (χ1v) is 8.72. The number of esters is 1. The van der Waals surface area contributed by atoms with Gasteiger partial charge in [-0.15, -0.1) is 0 Å². The molecule has 2 atom stereocenters. The Hall–Kier alpha value is -1.62. The number of aryl methyl sites for hydroxylation is 1. The van der Waals surface area contributed by atoms with Crippen LogP contribution in [-0.2, 0) is 22.4 Å². The number of fused-ring (bicyclic) bond motifs is 1. The summed E-state index contributed by atoms with van der Waals surface area (Å²) >= 11 is 5.71. The molecule has 4 nitrogen and oxygen atoms in total. The molecule has 1 fully saturated rings. The molecular formula is C18H24N2O2S. The fourth-order valence-corrected chi connectivity index (χ4v) is 4.21. The Labute approximate surface area is 143 Å². The summed E-state index contributed by atoms with van der Waals surface area (Å²) in [6, 6.07) is 9.28. The lowest BCUT2D eigenvalue weighted by molar-refractivity contribution is -0.141. The van der Waals surface area contributed by atoms with Crippen molar-refractivity contribution >= 4 is 23.3 Å². The molecule has 0 bridgehead atoms. The Morgan fingerprint density at radius 3 is 2.83 bits per heavy atom. The van der Waals surface area contributed by atoms with E-state index in [1.54, 1.807) is 0 Å². The first-order chi connectivity index (χ1) is 11.1. The van der Waals surface area contributed by atoms with Crippen LogP contribution >= 0.6 is 12.2 Å². The van der Waals surface area contributed by atoms with Gasteiger partial charge in [0.15, 0.2) is 5.11 Å². The van der Waals surface area contributed by atoms with Gasteiger partial charge < -0.3 is 14.5 Å². The van der Waals surface area contributed by atoms with E-state index in [9.17, 15) is 4.79 Å². The molecule has 0 aromatic heterocycles. The Bertz CT molecular complexity index is 604. The maximum absolute atomic E-state index is 11.5. The first kappa shape index (κ1) is 16.2. The molecule has 23 heavy (non-hydrogen) atoms. The summed E-state index contributed by atoms with van der Waals surface area (Å²) in [6.45, 7) is 3.90. The summed E-state index contributed by atoms with van der Waals surface area (Å²) in [7, 11) is 1.43. The number of benzene rings is 1. The predicted octanol–water partition coefficient (Wildman–Crippen LogP) is 2.40. The van der Waals surface area contributed by atoms with Gasteiger partial charge in [0.2, 0.25) is 0 Å². The molecule has 2 unspecified atom stereocenters. The van der Waals surface area contributed by atoms with Crippen molar-refractivity contribution in [2.45, 2.75) is 44.7 Å². The minimum Gasteiger partial charge on any atom is -0.469 e. The number of thiocarbonyl (C=S) groups is 1. The van der Waals surface area contributed by atoms with Crippen LogP contribution in [-0.4, -0.2) is 53.2 Å². The highest BCUT2D eigenvalue weighted by atomic mass is 32.1. The lowest BCUT2D eigenvalue weighted by Gasteiger charge is -2.35. The van der Waals surface area contributed by atoms with Gasteiger partial charge in [-0.25, -0.2) is 0 Å². The van der Waals surface area contributed by atoms with Crippen molar-refractivity contribution in [1.29, 1.82) is 0 Å². The summed E-state index contributed by atoms with van der Waals surface area (Å²) in [5.74, 6) is -0.176. The van der Waals surface area contributed by atoms with Gasteiger partial charge in [0, 0.05) is 25.2 Å². The van der Waals surface area contributed by atoms with Crippen LogP contribution in [0.4, 0.5) is 0 Å². The second kappa shape index (κ2) is 6.87. The van der Waals surface area contributed by atoms with E-state index in [0.717, 1.165) is 37.5 Å². The van der Waals surface area contributed by atoms with E-state index in [1.165, 1.54) is 18.2 Å². The fraction of sp³-hybridized carbons (Fsp3) is 0.556. The molecule has 0 N–H and O–H groups in total. The van der Waals surface area contributed by atoms with Crippen molar-refractivity contribution in [2.24, 2.45) is 0 Å². The Morgan fingerprint density at radius 2 is 2.09 bits per heavy atom. The van der Waals surface area contributed by atoms with Crippen molar-refractivity contribution in [3.05, 3.63) is 35.4 Å². The summed E-state index contributed by atoms with van der Waals surface area (Å²) in [6.07, 6.45) is 3.72. The zero-order chi connectivity index (χ0) is 16.4. The molecule has 1 aliphatic carbocycles. The van der Waals surface area contributed by atoms with Crippen LogP contribution in [0, 0.1) is 0 Å². The van der Waals surface area contributed by atoms with Gasteiger partial charge >= 0.3 is 5.97 Å². The number of rotatable bonds is 4. The number of carbonyl (C=O) groups is 1. The van der Waals surface area contributed by atoms with Gasteiger partial charge in [0.1, 0.15) is 0 Å². The molecule has 0 saturated carbocycles. The molecule has 0 amide bonds. The number of hydrogen-bond donors (Lipinski definition) is 0. The van der Waals surface area contributed by atoms with Crippen molar-refractivity contribution in [3.63, 3.8) is 0 Å². The predicted molar refractivity (Wildman–Crippen MR) is 94.4 cm³/mol. The largest absolute Gasteiger partial charge is 0.469 e. The molecule has 0 spiro atoms.